The molecule has 1 aromatic rings. The largest absolute Gasteiger partial charge is 0.480 e. The van der Waals surface area contributed by atoms with Crippen LogP contribution in [0.1, 0.15) is 60.1 Å². The van der Waals surface area contributed by atoms with Crippen LogP contribution in [0.3, 0.4) is 0 Å². The third-order valence-electron chi connectivity index (χ3n) is 8.02. The number of carbonyl (C=O) groups excluding carboxylic acids is 5. The molecule has 0 aromatic heterocycles. The highest BCUT2D eigenvalue weighted by Gasteiger charge is 2.65. The van der Waals surface area contributed by atoms with E-state index in [0.717, 1.165) is 0 Å². The highest BCUT2D eigenvalue weighted by atomic mass is 79.9. The van der Waals surface area contributed by atoms with Crippen LogP contribution in [-0.2, 0) is 38.2 Å². The fourth-order valence-corrected chi connectivity index (χ4v) is 9.56. The van der Waals surface area contributed by atoms with Gasteiger partial charge in [0.2, 0.25) is 24.5 Å². The molecule has 4 saturated heterocycles. The van der Waals surface area contributed by atoms with Gasteiger partial charge in [-0.3, -0.25) is 19.2 Å². The van der Waals surface area contributed by atoms with Crippen LogP contribution >= 0.6 is 39.5 Å². The Morgan fingerprint density at radius 3 is 2.07 bits per heavy atom. The van der Waals surface area contributed by atoms with Gasteiger partial charge < -0.3 is 35.4 Å². The molecule has 4 aliphatic rings. The number of aliphatic carboxylic acids is 1. The van der Waals surface area contributed by atoms with E-state index in [2.05, 4.69) is 21.2 Å². The van der Waals surface area contributed by atoms with Crippen molar-refractivity contribution in [1.82, 2.24) is 15.1 Å². The molecule has 4 aliphatic heterocycles. The number of carboxylic acid groups (broad SMARTS) is 1. The molecule has 252 valence electrons. The van der Waals surface area contributed by atoms with E-state index in [-0.39, 0.29) is 22.0 Å². The number of hydrogen-bond donors (Lipinski definition) is 3. The van der Waals surface area contributed by atoms with Gasteiger partial charge in [-0.05, 0) is 54.0 Å². The van der Waals surface area contributed by atoms with Crippen molar-refractivity contribution >= 4 is 75.1 Å². The van der Waals surface area contributed by atoms with Gasteiger partial charge in [0.1, 0.15) is 39.7 Å². The first-order valence-electron chi connectivity index (χ1n) is 14.5. The number of nitrogens with zero attached hydrogens (tertiary/aromatic N) is 2. The van der Waals surface area contributed by atoms with Crippen molar-refractivity contribution < 1.29 is 43.3 Å². The smallest absolute Gasteiger partial charge is 0.333 e. The molecule has 4 fully saturated rings. The summed E-state index contributed by atoms with van der Waals surface area (Å²) in [5.41, 5.74) is 5.94. The number of rotatable bonds is 7. The average molecular weight is 744 g/mol. The number of benzene rings is 1. The predicted octanol–water partition coefficient (Wildman–Crippen LogP) is 2.22. The molecule has 3 amide bonds. The predicted molar refractivity (Wildman–Crippen MR) is 174 cm³/mol. The molecule has 46 heavy (non-hydrogen) atoms. The number of esters is 2. The Morgan fingerprint density at radius 2 is 1.50 bits per heavy atom. The Morgan fingerprint density at radius 1 is 0.957 bits per heavy atom. The van der Waals surface area contributed by atoms with Crippen LogP contribution in [0.25, 0.3) is 0 Å². The first kappa shape index (κ1) is 36.0. The molecule has 0 saturated carbocycles. The van der Waals surface area contributed by atoms with Crippen LogP contribution in [-0.4, -0.2) is 101 Å². The number of β-lactam (4-membered cyclic amide) rings is 2. The lowest BCUT2D eigenvalue weighted by molar-refractivity contribution is -0.180. The molecule has 1 unspecified atom stereocenters. The molecule has 0 aliphatic carbocycles. The Hall–Kier alpha value is -2.82. The average Bonchev–Trinajstić information content (AvgIpc) is 3.40. The zero-order valence-corrected chi connectivity index (χ0v) is 29.7. The standard InChI is InChI=1S/C22H29N3O6S.C8H10BrNO3S/c1-21(2,3)20(29)31-11-30-19(28)15-22(4,5)32-18-14(17(27)25(15)18)24-16(26)13(23)12-9-7-6-8-10-12;1-8(2)4(7(12)13)10-5(11)3(9)6(10)14-8/h6-10,13-15,18H,11,23H2,1-5H3,(H,24,26);3-4,6H,1-2H3,(H,12,13)/t13?,14-,15+,18-;3-,4+,6-/m11/s1. The maximum Gasteiger partial charge on any atom is 0.333 e. The number of carbonyl (C=O) groups is 6. The number of halogens is 1. The van der Waals surface area contributed by atoms with Crippen LogP contribution in [0.15, 0.2) is 30.3 Å². The Labute approximate surface area is 284 Å². The normalized spacial score (nSPS) is 29.2. The molecule has 0 radical (unpaired) electrons. The maximum absolute atomic E-state index is 12.8. The number of ether oxygens (including phenoxy) is 2. The zero-order valence-electron chi connectivity index (χ0n) is 26.5. The summed E-state index contributed by atoms with van der Waals surface area (Å²) in [6, 6.07) is 5.62. The van der Waals surface area contributed by atoms with Crippen molar-refractivity contribution in [1.29, 1.82) is 0 Å². The number of carboxylic acids is 1. The number of fused-ring (bicyclic) bond motifs is 2. The SMILES string of the molecule is CC(C)(C)C(=O)OCOC(=O)[C@@H]1N2C(=O)[C@@H](NC(=O)C(N)c3ccccc3)[C@H]2SC1(C)C.CC1(C)S[C@@H]2[C@H](Br)C(=O)N2[C@H]1C(=O)O. The molecule has 16 heteroatoms. The van der Waals surface area contributed by atoms with Crippen molar-refractivity contribution in [3.63, 3.8) is 0 Å². The third-order valence-corrected chi connectivity index (χ3v) is 12.4. The monoisotopic (exact) mass is 742 g/mol. The van der Waals surface area contributed by atoms with Crippen LogP contribution in [0.4, 0.5) is 0 Å². The van der Waals surface area contributed by atoms with Crippen molar-refractivity contribution in [2.75, 3.05) is 6.79 Å². The lowest BCUT2D eigenvalue weighted by Crippen LogP contribution is -2.71. The highest BCUT2D eigenvalue weighted by Crippen LogP contribution is 2.53. The summed E-state index contributed by atoms with van der Waals surface area (Å²) in [6.07, 6.45) is 0. The van der Waals surface area contributed by atoms with Crippen LogP contribution in [0, 0.1) is 5.41 Å². The van der Waals surface area contributed by atoms with Crippen molar-refractivity contribution in [2.24, 2.45) is 11.1 Å². The minimum atomic E-state index is -0.919. The van der Waals surface area contributed by atoms with Crippen LogP contribution in [0.5, 0.6) is 0 Å². The summed E-state index contributed by atoms with van der Waals surface area (Å²) in [6.45, 7) is 11.9. The minimum absolute atomic E-state index is 0.0152. The Balaban J connectivity index is 0.000000284. The van der Waals surface area contributed by atoms with Gasteiger partial charge in [0.05, 0.1) is 5.41 Å². The first-order chi connectivity index (χ1) is 21.2. The van der Waals surface area contributed by atoms with Gasteiger partial charge in [-0.25, -0.2) is 9.59 Å². The fourth-order valence-electron chi connectivity index (χ4n) is 5.58. The maximum atomic E-state index is 12.8. The van der Waals surface area contributed by atoms with E-state index in [1.54, 1.807) is 56.8 Å². The molecule has 7 atom stereocenters. The van der Waals surface area contributed by atoms with Gasteiger partial charge >= 0.3 is 17.9 Å². The van der Waals surface area contributed by atoms with Gasteiger partial charge in [0.25, 0.3) is 0 Å². The van der Waals surface area contributed by atoms with E-state index in [0.29, 0.717) is 5.56 Å². The first-order valence-corrected chi connectivity index (χ1v) is 17.2. The molecule has 13 nitrogen and oxygen atoms in total. The number of thioether (sulfide) groups is 2. The van der Waals surface area contributed by atoms with Gasteiger partial charge in [-0.15, -0.1) is 23.5 Å². The minimum Gasteiger partial charge on any atom is -0.480 e. The molecular formula is C30H39BrN4O9S2. The molecule has 0 bridgehead atoms. The van der Waals surface area contributed by atoms with Gasteiger partial charge in [0.15, 0.2) is 0 Å². The molecule has 4 N–H and O–H groups in total. The van der Waals surface area contributed by atoms with Crippen molar-refractivity contribution in [3.05, 3.63) is 35.9 Å². The fraction of sp³-hybridized carbons (Fsp3) is 0.600. The van der Waals surface area contributed by atoms with Gasteiger partial charge in [0, 0.05) is 9.49 Å². The second-order valence-electron chi connectivity index (χ2n) is 13.4. The summed E-state index contributed by atoms with van der Waals surface area (Å²) < 4.78 is 9.07. The van der Waals surface area contributed by atoms with E-state index in [4.69, 9.17) is 20.3 Å². The number of amides is 3. The van der Waals surface area contributed by atoms with Gasteiger partial charge in [-0.1, -0.05) is 46.3 Å². The summed E-state index contributed by atoms with van der Waals surface area (Å²) in [7, 11) is 0. The lowest BCUT2D eigenvalue weighted by Gasteiger charge is -2.44. The Kier molecular flexibility index (Phi) is 10.2. The van der Waals surface area contributed by atoms with Crippen LogP contribution < -0.4 is 11.1 Å². The van der Waals surface area contributed by atoms with E-state index in [1.165, 1.54) is 21.6 Å². The van der Waals surface area contributed by atoms with Gasteiger partial charge in [-0.2, -0.15) is 0 Å². The topological polar surface area (TPSA) is 186 Å². The van der Waals surface area contributed by atoms with Crippen LogP contribution in [0.2, 0.25) is 0 Å². The number of hydrogen-bond acceptors (Lipinski definition) is 11. The zero-order chi connectivity index (χ0) is 34.5. The van der Waals surface area contributed by atoms with E-state index >= 15 is 0 Å². The highest BCUT2D eigenvalue weighted by molar-refractivity contribution is 9.10. The van der Waals surface area contributed by atoms with Crippen molar-refractivity contribution in [2.45, 2.75) is 97.7 Å². The number of alkyl halides is 1. The summed E-state index contributed by atoms with van der Waals surface area (Å²) in [5.74, 6) is -3.03. The summed E-state index contributed by atoms with van der Waals surface area (Å²) in [4.78, 5) is 75.1. The molecular weight excluding hydrogens is 704 g/mol. The second-order valence-corrected chi connectivity index (χ2v) is 17.9. The molecule has 0 spiro atoms. The van der Waals surface area contributed by atoms with E-state index in [9.17, 15) is 28.8 Å². The second kappa shape index (κ2) is 13.0. The third kappa shape index (κ3) is 6.76. The van der Waals surface area contributed by atoms with Crippen molar-refractivity contribution in [3.8, 4) is 0 Å². The molecule has 5 rings (SSSR count). The Bertz CT molecular complexity index is 1420. The summed E-state index contributed by atoms with van der Waals surface area (Å²) in [5, 5.41) is 11.3. The van der Waals surface area contributed by atoms with E-state index < -0.39 is 75.1 Å². The van der Waals surface area contributed by atoms with E-state index in [1.807, 2.05) is 33.8 Å². The molecule has 4 heterocycles. The number of nitrogens with one attached hydrogen (secondary N) is 1. The molecule has 1 aromatic carbocycles. The summed E-state index contributed by atoms with van der Waals surface area (Å²) >= 11 is 6.20. The lowest BCUT2D eigenvalue weighted by atomic mass is 9.95. The quantitative estimate of drug-likeness (QED) is 0.160. The number of nitrogens with two attached hydrogens (primary N) is 1.